The number of hydrogen-bond acceptors (Lipinski definition) is 4. The average molecular weight is 245 g/mol. The van der Waals surface area contributed by atoms with Gasteiger partial charge in [0.1, 0.15) is 11.8 Å². The fraction of sp³-hybridized carbons (Fsp3) is 0.462. The average Bonchev–Trinajstić information content (AvgIpc) is 2.37. The summed E-state index contributed by atoms with van der Waals surface area (Å²) in [5.41, 5.74) is 0.825. The Morgan fingerprint density at radius 1 is 1.44 bits per heavy atom. The monoisotopic (exact) mass is 245 g/mol. The van der Waals surface area contributed by atoms with Gasteiger partial charge in [-0.2, -0.15) is 5.26 Å². The van der Waals surface area contributed by atoms with Crippen LogP contribution in [0.2, 0.25) is 0 Å². The van der Waals surface area contributed by atoms with E-state index in [-0.39, 0.29) is 18.1 Å². The SMILES string of the molecule is CC1CN(C(=O)c2ccc(C#N)cn2)CC(C)O1. The molecule has 0 aliphatic carbocycles. The molecule has 18 heavy (non-hydrogen) atoms. The molecule has 1 fully saturated rings. The van der Waals surface area contributed by atoms with Gasteiger partial charge in [-0.25, -0.2) is 4.98 Å². The molecule has 1 aliphatic heterocycles. The Morgan fingerprint density at radius 3 is 2.61 bits per heavy atom. The number of rotatable bonds is 1. The molecule has 2 heterocycles. The van der Waals surface area contributed by atoms with Gasteiger partial charge >= 0.3 is 0 Å². The van der Waals surface area contributed by atoms with E-state index in [1.165, 1.54) is 6.20 Å². The van der Waals surface area contributed by atoms with Crippen LogP contribution in [0.5, 0.6) is 0 Å². The maximum atomic E-state index is 12.2. The summed E-state index contributed by atoms with van der Waals surface area (Å²) in [4.78, 5) is 18.0. The summed E-state index contributed by atoms with van der Waals surface area (Å²) in [5, 5.41) is 8.68. The summed E-state index contributed by atoms with van der Waals surface area (Å²) in [6, 6.07) is 5.17. The zero-order valence-electron chi connectivity index (χ0n) is 10.5. The van der Waals surface area contributed by atoms with E-state index < -0.39 is 0 Å². The minimum absolute atomic E-state index is 0.0380. The number of morpholine rings is 1. The van der Waals surface area contributed by atoms with Crippen LogP contribution in [0.1, 0.15) is 29.9 Å². The van der Waals surface area contributed by atoms with E-state index in [1.807, 2.05) is 19.9 Å². The number of amides is 1. The fourth-order valence-electron chi connectivity index (χ4n) is 2.09. The summed E-state index contributed by atoms with van der Waals surface area (Å²) in [7, 11) is 0. The van der Waals surface area contributed by atoms with E-state index in [1.54, 1.807) is 17.0 Å². The largest absolute Gasteiger partial charge is 0.372 e. The van der Waals surface area contributed by atoms with Crippen LogP contribution in [0.3, 0.4) is 0 Å². The zero-order chi connectivity index (χ0) is 13.1. The Hall–Kier alpha value is -1.93. The van der Waals surface area contributed by atoms with Crippen LogP contribution < -0.4 is 0 Å². The van der Waals surface area contributed by atoms with Gasteiger partial charge in [-0.05, 0) is 26.0 Å². The van der Waals surface area contributed by atoms with Gasteiger partial charge in [0.25, 0.3) is 5.91 Å². The minimum atomic E-state index is -0.110. The smallest absolute Gasteiger partial charge is 0.272 e. The maximum Gasteiger partial charge on any atom is 0.272 e. The van der Waals surface area contributed by atoms with E-state index in [0.29, 0.717) is 24.3 Å². The third kappa shape index (κ3) is 2.66. The highest BCUT2D eigenvalue weighted by molar-refractivity contribution is 5.92. The Morgan fingerprint density at radius 2 is 2.11 bits per heavy atom. The molecule has 2 atom stereocenters. The van der Waals surface area contributed by atoms with E-state index in [0.717, 1.165) is 0 Å². The van der Waals surface area contributed by atoms with Crippen LogP contribution in [0.4, 0.5) is 0 Å². The highest BCUT2D eigenvalue weighted by atomic mass is 16.5. The third-order valence-corrected chi connectivity index (χ3v) is 2.82. The Kier molecular flexibility index (Phi) is 3.58. The minimum Gasteiger partial charge on any atom is -0.372 e. The van der Waals surface area contributed by atoms with E-state index >= 15 is 0 Å². The lowest BCUT2D eigenvalue weighted by Gasteiger charge is -2.35. The molecule has 1 aromatic heterocycles. The molecule has 1 saturated heterocycles. The van der Waals surface area contributed by atoms with Crippen LogP contribution in [0.25, 0.3) is 0 Å². The highest BCUT2D eigenvalue weighted by Crippen LogP contribution is 2.13. The third-order valence-electron chi connectivity index (χ3n) is 2.82. The van der Waals surface area contributed by atoms with Crippen molar-refractivity contribution in [1.29, 1.82) is 5.26 Å². The Labute approximate surface area is 106 Å². The molecule has 1 aromatic rings. The predicted molar refractivity (Wildman–Crippen MR) is 64.9 cm³/mol. The van der Waals surface area contributed by atoms with Crippen molar-refractivity contribution in [3.05, 3.63) is 29.6 Å². The molecule has 0 saturated carbocycles. The van der Waals surface area contributed by atoms with Gasteiger partial charge < -0.3 is 9.64 Å². The van der Waals surface area contributed by atoms with Crippen molar-refractivity contribution in [2.24, 2.45) is 0 Å². The number of carbonyl (C=O) groups excluding carboxylic acids is 1. The van der Waals surface area contributed by atoms with Gasteiger partial charge in [-0.15, -0.1) is 0 Å². The first kappa shape index (κ1) is 12.5. The molecule has 2 rings (SSSR count). The second kappa shape index (κ2) is 5.15. The highest BCUT2D eigenvalue weighted by Gasteiger charge is 2.27. The van der Waals surface area contributed by atoms with Crippen LogP contribution in [0, 0.1) is 11.3 Å². The molecule has 0 spiro atoms. The lowest BCUT2D eigenvalue weighted by molar-refractivity contribution is -0.0587. The van der Waals surface area contributed by atoms with Crippen LogP contribution in [-0.4, -0.2) is 41.1 Å². The van der Waals surface area contributed by atoms with E-state index in [2.05, 4.69) is 4.98 Å². The Bertz CT molecular complexity index is 468. The lowest BCUT2D eigenvalue weighted by atomic mass is 10.2. The van der Waals surface area contributed by atoms with Crippen molar-refractivity contribution >= 4 is 5.91 Å². The van der Waals surface area contributed by atoms with Crippen molar-refractivity contribution in [3.63, 3.8) is 0 Å². The number of nitriles is 1. The Balaban J connectivity index is 2.12. The number of carbonyl (C=O) groups is 1. The van der Waals surface area contributed by atoms with Gasteiger partial charge in [0, 0.05) is 19.3 Å². The number of aromatic nitrogens is 1. The van der Waals surface area contributed by atoms with Crippen molar-refractivity contribution in [3.8, 4) is 6.07 Å². The molecule has 5 nitrogen and oxygen atoms in total. The lowest BCUT2D eigenvalue weighted by Crippen LogP contribution is -2.48. The normalized spacial score (nSPS) is 23.5. The molecular weight excluding hydrogens is 230 g/mol. The maximum absolute atomic E-state index is 12.2. The second-order valence-corrected chi connectivity index (χ2v) is 4.51. The van der Waals surface area contributed by atoms with Crippen molar-refractivity contribution < 1.29 is 9.53 Å². The summed E-state index contributed by atoms with van der Waals surface area (Å²) in [6.45, 7) is 5.04. The van der Waals surface area contributed by atoms with Crippen molar-refractivity contribution in [1.82, 2.24) is 9.88 Å². The molecule has 2 unspecified atom stereocenters. The molecule has 0 N–H and O–H groups in total. The van der Waals surface area contributed by atoms with Gasteiger partial charge in [0.2, 0.25) is 0 Å². The van der Waals surface area contributed by atoms with Crippen LogP contribution in [0.15, 0.2) is 18.3 Å². The molecule has 0 bridgehead atoms. The molecule has 5 heteroatoms. The zero-order valence-corrected chi connectivity index (χ0v) is 10.5. The fourth-order valence-corrected chi connectivity index (χ4v) is 2.09. The van der Waals surface area contributed by atoms with E-state index in [4.69, 9.17) is 10.00 Å². The van der Waals surface area contributed by atoms with Crippen LogP contribution >= 0.6 is 0 Å². The van der Waals surface area contributed by atoms with Crippen LogP contribution in [-0.2, 0) is 4.74 Å². The molecule has 94 valence electrons. The number of nitrogens with zero attached hydrogens (tertiary/aromatic N) is 3. The first-order valence-corrected chi connectivity index (χ1v) is 5.91. The number of ether oxygens (including phenoxy) is 1. The molecule has 0 aromatic carbocycles. The standard InChI is InChI=1S/C13H15N3O2/c1-9-7-16(8-10(2)18-9)13(17)12-4-3-11(5-14)6-15-12/h3-4,6,9-10H,7-8H2,1-2H3. The number of hydrogen-bond donors (Lipinski definition) is 0. The first-order valence-electron chi connectivity index (χ1n) is 5.91. The second-order valence-electron chi connectivity index (χ2n) is 4.51. The summed E-state index contributed by atoms with van der Waals surface area (Å²) in [6.07, 6.45) is 1.49. The predicted octanol–water partition coefficient (Wildman–Crippen LogP) is 1.20. The molecular formula is C13H15N3O2. The summed E-state index contributed by atoms with van der Waals surface area (Å²) >= 11 is 0. The van der Waals surface area contributed by atoms with E-state index in [9.17, 15) is 4.79 Å². The van der Waals surface area contributed by atoms with Gasteiger partial charge in [0.05, 0.1) is 17.8 Å². The van der Waals surface area contributed by atoms with Crippen molar-refractivity contribution in [2.45, 2.75) is 26.1 Å². The molecule has 1 aliphatic rings. The first-order chi connectivity index (χ1) is 8.60. The summed E-state index contributed by atoms with van der Waals surface area (Å²) < 4.78 is 5.58. The van der Waals surface area contributed by atoms with Gasteiger partial charge in [-0.1, -0.05) is 0 Å². The van der Waals surface area contributed by atoms with Gasteiger partial charge in [-0.3, -0.25) is 4.79 Å². The quantitative estimate of drug-likeness (QED) is 0.745. The molecule has 1 amide bonds. The topological polar surface area (TPSA) is 66.2 Å². The van der Waals surface area contributed by atoms with Gasteiger partial charge in [0.15, 0.2) is 0 Å². The summed E-state index contributed by atoms with van der Waals surface area (Å²) in [5.74, 6) is -0.110. The number of pyridine rings is 1. The van der Waals surface area contributed by atoms with Crippen molar-refractivity contribution in [2.75, 3.05) is 13.1 Å². The molecule has 0 radical (unpaired) electrons.